The summed E-state index contributed by atoms with van der Waals surface area (Å²) in [6, 6.07) is 7.23. The Morgan fingerprint density at radius 3 is 2.38 bits per heavy atom. The molecule has 0 saturated carbocycles. The molecule has 0 fully saturated rings. The zero-order valence-electron chi connectivity index (χ0n) is 13.4. The van der Waals surface area contributed by atoms with E-state index < -0.39 is 21.2 Å². The summed E-state index contributed by atoms with van der Waals surface area (Å²) in [4.78, 5) is 24.5. The summed E-state index contributed by atoms with van der Waals surface area (Å²) in [5, 5.41) is 13.6. The smallest absolute Gasteiger partial charge is 0.335 e. The van der Waals surface area contributed by atoms with Crippen molar-refractivity contribution in [2.24, 2.45) is 0 Å². The molecule has 24 heavy (non-hydrogen) atoms. The van der Waals surface area contributed by atoms with Gasteiger partial charge in [0.2, 0.25) is 5.91 Å². The fourth-order valence-corrected chi connectivity index (χ4v) is 3.57. The number of carboxylic acids is 1. The molecule has 0 atom stereocenters. The molecule has 0 bridgehead atoms. The van der Waals surface area contributed by atoms with E-state index in [9.17, 15) is 18.0 Å². The number of amides is 1. The third-order valence-corrected chi connectivity index (χ3v) is 5.83. The molecule has 2 aromatic rings. The minimum Gasteiger partial charge on any atom is -0.478 e. The maximum atomic E-state index is 12.6. The van der Waals surface area contributed by atoms with Gasteiger partial charge in [0.25, 0.3) is 0 Å². The average Bonchev–Trinajstić information content (AvgIpc) is 3.00. The van der Waals surface area contributed by atoms with Gasteiger partial charge in [0, 0.05) is 16.8 Å². The van der Waals surface area contributed by atoms with E-state index in [1.807, 2.05) is 17.5 Å². The number of benzene rings is 1. The van der Waals surface area contributed by atoms with Crippen LogP contribution in [0.3, 0.4) is 0 Å². The lowest BCUT2D eigenvalue weighted by molar-refractivity contribution is -0.120. The minimum atomic E-state index is -3.61. The SMILES string of the molecule is CC(C)(C(=O)Nc1cc(C(=O)O)cc(S(C)(=O)=O)c1)c1cccs1. The Hall–Kier alpha value is -2.19. The van der Waals surface area contributed by atoms with Crippen molar-refractivity contribution in [1.29, 1.82) is 0 Å². The normalized spacial score (nSPS) is 12.0. The van der Waals surface area contributed by atoms with E-state index in [1.54, 1.807) is 13.8 Å². The van der Waals surface area contributed by atoms with Crippen molar-refractivity contribution in [1.82, 2.24) is 0 Å². The third kappa shape index (κ3) is 3.82. The summed E-state index contributed by atoms with van der Waals surface area (Å²) in [5.41, 5.74) is -0.911. The van der Waals surface area contributed by atoms with Crippen molar-refractivity contribution in [3.05, 3.63) is 46.2 Å². The second-order valence-electron chi connectivity index (χ2n) is 5.88. The number of aromatic carboxylic acids is 1. The van der Waals surface area contributed by atoms with Crippen LogP contribution in [-0.4, -0.2) is 31.7 Å². The molecular weight excluding hydrogens is 350 g/mol. The first kappa shape index (κ1) is 18.2. The quantitative estimate of drug-likeness (QED) is 0.846. The first-order valence-electron chi connectivity index (χ1n) is 6.95. The van der Waals surface area contributed by atoms with Crippen LogP contribution in [0.25, 0.3) is 0 Å². The Balaban J connectivity index is 2.40. The lowest BCUT2D eigenvalue weighted by Gasteiger charge is -2.22. The van der Waals surface area contributed by atoms with Crippen molar-refractivity contribution in [3.8, 4) is 0 Å². The topological polar surface area (TPSA) is 101 Å². The third-order valence-electron chi connectivity index (χ3n) is 3.54. The fourth-order valence-electron chi connectivity index (χ4n) is 2.04. The molecule has 0 aliphatic heterocycles. The molecule has 0 saturated heterocycles. The van der Waals surface area contributed by atoms with Crippen LogP contribution in [0.1, 0.15) is 29.1 Å². The molecule has 1 amide bonds. The van der Waals surface area contributed by atoms with Gasteiger partial charge in [0.15, 0.2) is 9.84 Å². The van der Waals surface area contributed by atoms with Crippen molar-refractivity contribution < 1.29 is 23.1 Å². The molecule has 0 aliphatic carbocycles. The largest absolute Gasteiger partial charge is 0.478 e. The molecule has 0 spiro atoms. The molecule has 128 valence electrons. The van der Waals surface area contributed by atoms with E-state index >= 15 is 0 Å². The van der Waals surface area contributed by atoms with Crippen molar-refractivity contribution in [2.45, 2.75) is 24.2 Å². The number of carbonyl (C=O) groups is 2. The molecule has 2 N–H and O–H groups in total. The van der Waals surface area contributed by atoms with Gasteiger partial charge < -0.3 is 10.4 Å². The van der Waals surface area contributed by atoms with E-state index in [2.05, 4.69) is 5.32 Å². The van der Waals surface area contributed by atoms with Gasteiger partial charge >= 0.3 is 5.97 Å². The Bertz CT molecular complexity index is 883. The van der Waals surface area contributed by atoms with Gasteiger partial charge in [-0.2, -0.15) is 0 Å². The predicted molar refractivity (Wildman–Crippen MR) is 92.5 cm³/mol. The lowest BCUT2D eigenvalue weighted by atomic mass is 9.90. The van der Waals surface area contributed by atoms with Crippen LogP contribution in [0.4, 0.5) is 5.69 Å². The zero-order valence-corrected chi connectivity index (χ0v) is 15.0. The molecule has 0 unspecified atom stereocenters. The van der Waals surface area contributed by atoms with Crippen molar-refractivity contribution >= 4 is 38.7 Å². The summed E-state index contributed by atoms with van der Waals surface area (Å²) in [6.07, 6.45) is 0.981. The van der Waals surface area contributed by atoms with Crippen LogP contribution in [0, 0.1) is 0 Å². The number of anilines is 1. The predicted octanol–water partition coefficient (Wildman–Crippen LogP) is 2.77. The van der Waals surface area contributed by atoms with E-state index in [-0.39, 0.29) is 22.1 Å². The number of carbonyl (C=O) groups excluding carboxylic acids is 1. The zero-order chi connectivity index (χ0) is 18.1. The Morgan fingerprint density at radius 1 is 1.21 bits per heavy atom. The Kier molecular flexibility index (Phi) is 4.82. The number of hydrogen-bond acceptors (Lipinski definition) is 5. The van der Waals surface area contributed by atoms with Gasteiger partial charge in [-0.25, -0.2) is 13.2 Å². The maximum absolute atomic E-state index is 12.6. The molecule has 1 aromatic carbocycles. The molecule has 1 aromatic heterocycles. The highest BCUT2D eigenvalue weighted by Gasteiger charge is 2.31. The summed E-state index contributed by atoms with van der Waals surface area (Å²) in [6.45, 7) is 3.49. The number of hydrogen-bond donors (Lipinski definition) is 2. The van der Waals surface area contributed by atoms with Gasteiger partial charge in [-0.1, -0.05) is 6.07 Å². The van der Waals surface area contributed by atoms with E-state index in [1.165, 1.54) is 23.5 Å². The second-order valence-corrected chi connectivity index (χ2v) is 8.84. The monoisotopic (exact) mass is 367 g/mol. The number of sulfone groups is 1. The molecule has 1 heterocycles. The molecule has 6 nitrogen and oxygen atoms in total. The first-order valence-corrected chi connectivity index (χ1v) is 9.73. The van der Waals surface area contributed by atoms with Crippen LogP contribution in [-0.2, 0) is 20.0 Å². The van der Waals surface area contributed by atoms with E-state index in [0.29, 0.717) is 0 Å². The van der Waals surface area contributed by atoms with E-state index in [0.717, 1.165) is 17.2 Å². The minimum absolute atomic E-state index is 0.130. The average molecular weight is 367 g/mol. The van der Waals surface area contributed by atoms with Crippen molar-refractivity contribution in [3.63, 3.8) is 0 Å². The van der Waals surface area contributed by atoms with Crippen LogP contribution >= 0.6 is 11.3 Å². The van der Waals surface area contributed by atoms with Crippen LogP contribution in [0.5, 0.6) is 0 Å². The summed E-state index contributed by atoms with van der Waals surface area (Å²) in [5.74, 6) is -1.62. The van der Waals surface area contributed by atoms with Crippen molar-refractivity contribution in [2.75, 3.05) is 11.6 Å². The molecule has 0 aliphatic rings. The number of carboxylic acid groups (broad SMARTS) is 1. The summed E-state index contributed by atoms with van der Waals surface area (Å²) >= 11 is 1.43. The molecule has 0 radical (unpaired) electrons. The van der Waals surface area contributed by atoms with Gasteiger partial charge in [-0.3, -0.25) is 4.79 Å². The number of thiophene rings is 1. The molecular formula is C16H17NO5S2. The molecule has 8 heteroatoms. The highest BCUT2D eigenvalue weighted by molar-refractivity contribution is 7.90. The lowest BCUT2D eigenvalue weighted by Crippen LogP contribution is -2.34. The molecule has 2 rings (SSSR count). The van der Waals surface area contributed by atoms with Crippen LogP contribution in [0.2, 0.25) is 0 Å². The highest BCUT2D eigenvalue weighted by Crippen LogP contribution is 2.29. The van der Waals surface area contributed by atoms with E-state index in [4.69, 9.17) is 5.11 Å². The maximum Gasteiger partial charge on any atom is 0.335 e. The standard InChI is InChI=1S/C16H17NO5S2/c1-16(2,13-5-4-6-23-13)15(20)17-11-7-10(14(18)19)8-12(9-11)24(3,21)22/h4-9H,1-3H3,(H,17,20)(H,18,19). The summed E-state index contributed by atoms with van der Waals surface area (Å²) in [7, 11) is -3.61. The first-order chi connectivity index (χ1) is 11.0. The number of nitrogens with one attached hydrogen (secondary N) is 1. The number of rotatable bonds is 5. The van der Waals surface area contributed by atoms with Gasteiger partial charge in [-0.05, 0) is 43.5 Å². The van der Waals surface area contributed by atoms with Crippen LogP contribution in [0.15, 0.2) is 40.6 Å². The van der Waals surface area contributed by atoms with Gasteiger partial charge in [-0.15, -0.1) is 11.3 Å². The Labute approximate surface area is 144 Å². The van der Waals surface area contributed by atoms with Gasteiger partial charge in [0.05, 0.1) is 15.9 Å². The van der Waals surface area contributed by atoms with Gasteiger partial charge in [0.1, 0.15) is 0 Å². The Morgan fingerprint density at radius 2 is 1.88 bits per heavy atom. The highest BCUT2D eigenvalue weighted by atomic mass is 32.2. The second kappa shape index (κ2) is 6.37. The van der Waals surface area contributed by atoms with Crippen LogP contribution < -0.4 is 5.32 Å². The fraction of sp³-hybridized carbons (Fsp3) is 0.250. The summed E-state index contributed by atoms with van der Waals surface area (Å²) < 4.78 is 23.5.